The van der Waals surface area contributed by atoms with Crippen LogP contribution in [0.4, 0.5) is 0 Å². The van der Waals surface area contributed by atoms with Crippen LogP contribution in [-0.4, -0.2) is 37.4 Å². The Morgan fingerprint density at radius 2 is 1.73 bits per heavy atom. The smallest absolute Gasteiger partial charge is 0.305 e. The number of carbonyl (C=O) groups excluding carboxylic acids is 1. The van der Waals surface area contributed by atoms with E-state index in [1.165, 1.54) is 32.1 Å². The highest BCUT2D eigenvalue weighted by Gasteiger charge is 2.32. The topological polar surface area (TPSA) is 44.8 Å². The summed E-state index contributed by atoms with van der Waals surface area (Å²) in [5.41, 5.74) is 0. The van der Waals surface area contributed by atoms with Gasteiger partial charge in [0.15, 0.2) is 6.29 Å². The van der Waals surface area contributed by atoms with E-state index in [2.05, 4.69) is 22.9 Å². The van der Waals surface area contributed by atoms with Gasteiger partial charge in [-0.2, -0.15) is 0 Å². The van der Waals surface area contributed by atoms with Crippen molar-refractivity contribution in [1.82, 2.24) is 0 Å². The molecule has 2 saturated carbocycles. The van der Waals surface area contributed by atoms with Crippen molar-refractivity contribution >= 4 is 21.9 Å². The SMILES string of the molecule is CC1CC1CCOC(CCC(=O)OCCCCCCBr)OCCC1CC1. The van der Waals surface area contributed by atoms with Gasteiger partial charge in [-0.25, -0.2) is 0 Å². The van der Waals surface area contributed by atoms with Gasteiger partial charge in [-0.05, 0) is 49.9 Å². The molecule has 3 atom stereocenters. The zero-order valence-electron chi connectivity index (χ0n) is 16.4. The number of carbonyl (C=O) groups is 1. The summed E-state index contributed by atoms with van der Waals surface area (Å²) in [6.07, 6.45) is 11.4. The first-order valence-corrected chi connectivity index (χ1v) is 11.8. The lowest BCUT2D eigenvalue weighted by atomic mass is 10.2. The van der Waals surface area contributed by atoms with Crippen molar-refractivity contribution in [3.63, 3.8) is 0 Å². The maximum Gasteiger partial charge on any atom is 0.305 e. The lowest BCUT2D eigenvalue weighted by Crippen LogP contribution is -2.21. The minimum atomic E-state index is -0.255. The highest BCUT2D eigenvalue weighted by molar-refractivity contribution is 9.09. The first-order valence-electron chi connectivity index (χ1n) is 10.6. The quantitative estimate of drug-likeness (QED) is 0.132. The minimum absolute atomic E-state index is 0.124. The van der Waals surface area contributed by atoms with Crippen molar-refractivity contribution in [3.05, 3.63) is 0 Å². The molecule has 0 heterocycles. The Morgan fingerprint density at radius 1 is 1.04 bits per heavy atom. The minimum Gasteiger partial charge on any atom is -0.466 e. The number of alkyl halides is 1. The molecule has 0 aromatic heterocycles. The molecule has 4 nitrogen and oxygen atoms in total. The van der Waals surface area contributed by atoms with Gasteiger partial charge in [0.25, 0.3) is 0 Å². The lowest BCUT2D eigenvalue weighted by molar-refractivity contribution is -0.160. The molecule has 0 aromatic carbocycles. The van der Waals surface area contributed by atoms with Crippen LogP contribution < -0.4 is 0 Å². The van der Waals surface area contributed by atoms with E-state index in [4.69, 9.17) is 14.2 Å². The molecule has 2 fully saturated rings. The average Bonchev–Trinajstić information content (AvgIpc) is 3.54. The second-order valence-electron chi connectivity index (χ2n) is 8.03. The monoisotopic (exact) mass is 432 g/mol. The van der Waals surface area contributed by atoms with Gasteiger partial charge in [0, 0.05) is 18.4 Å². The predicted molar refractivity (Wildman–Crippen MR) is 107 cm³/mol. The Labute approximate surface area is 167 Å². The molecule has 0 radical (unpaired) electrons. The van der Waals surface area contributed by atoms with Crippen molar-refractivity contribution in [1.29, 1.82) is 0 Å². The maximum atomic E-state index is 11.9. The third-order valence-electron chi connectivity index (χ3n) is 5.47. The van der Waals surface area contributed by atoms with Crippen LogP contribution in [0.1, 0.15) is 77.6 Å². The van der Waals surface area contributed by atoms with Crippen molar-refractivity contribution < 1.29 is 19.0 Å². The van der Waals surface area contributed by atoms with Gasteiger partial charge in [0.1, 0.15) is 0 Å². The highest BCUT2D eigenvalue weighted by Crippen LogP contribution is 2.40. The normalized spacial score (nSPS) is 23.0. The zero-order valence-corrected chi connectivity index (χ0v) is 18.0. The Kier molecular flexibility index (Phi) is 11.2. The van der Waals surface area contributed by atoms with E-state index in [1.807, 2.05) is 0 Å². The maximum absolute atomic E-state index is 11.9. The number of hydrogen-bond acceptors (Lipinski definition) is 4. The third kappa shape index (κ3) is 10.9. The Morgan fingerprint density at radius 3 is 2.38 bits per heavy atom. The summed E-state index contributed by atoms with van der Waals surface area (Å²) in [6.45, 7) is 4.32. The first-order chi connectivity index (χ1) is 12.7. The first kappa shape index (κ1) is 22.2. The molecular weight excluding hydrogens is 396 g/mol. The van der Waals surface area contributed by atoms with E-state index in [-0.39, 0.29) is 12.3 Å². The molecule has 0 bridgehead atoms. The fourth-order valence-electron chi connectivity index (χ4n) is 3.18. The summed E-state index contributed by atoms with van der Waals surface area (Å²) in [5, 5.41) is 1.05. The lowest BCUT2D eigenvalue weighted by Gasteiger charge is -2.18. The molecule has 152 valence electrons. The number of esters is 1. The van der Waals surface area contributed by atoms with Crippen LogP contribution in [0.3, 0.4) is 0 Å². The zero-order chi connectivity index (χ0) is 18.6. The van der Waals surface area contributed by atoms with Crippen LogP contribution in [0.5, 0.6) is 0 Å². The van der Waals surface area contributed by atoms with Crippen molar-refractivity contribution in [2.24, 2.45) is 17.8 Å². The number of hydrogen-bond donors (Lipinski definition) is 0. The Balaban J connectivity index is 1.53. The van der Waals surface area contributed by atoms with E-state index in [0.717, 1.165) is 62.0 Å². The van der Waals surface area contributed by atoms with Gasteiger partial charge >= 0.3 is 5.97 Å². The van der Waals surface area contributed by atoms with Gasteiger partial charge in [0.2, 0.25) is 0 Å². The molecule has 0 aliphatic heterocycles. The summed E-state index contributed by atoms with van der Waals surface area (Å²) in [7, 11) is 0. The van der Waals surface area contributed by atoms with Crippen LogP contribution in [0.2, 0.25) is 0 Å². The van der Waals surface area contributed by atoms with Crippen LogP contribution in [0.15, 0.2) is 0 Å². The molecule has 0 aromatic rings. The van der Waals surface area contributed by atoms with E-state index in [0.29, 0.717) is 19.4 Å². The fraction of sp³-hybridized carbons (Fsp3) is 0.952. The Hall–Kier alpha value is -0.130. The third-order valence-corrected chi connectivity index (χ3v) is 6.03. The predicted octanol–water partition coefficient (Wildman–Crippen LogP) is 5.47. The highest BCUT2D eigenvalue weighted by atomic mass is 79.9. The van der Waals surface area contributed by atoms with Crippen LogP contribution in [0, 0.1) is 17.8 Å². The summed E-state index contributed by atoms with van der Waals surface area (Å²) in [4.78, 5) is 11.9. The van der Waals surface area contributed by atoms with E-state index in [9.17, 15) is 4.79 Å². The van der Waals surface area contributed by atoms with Crippen LogP contribution >= 0.6 is 15.9 Å². The standard InChI is InChI=1S/C21H37BrO4/c1-17-16-19(17)11-15-26-21(25-14-10-18-6-7-18)9-8-20(23)24-13-5-3-2-4-12-22/h17-19,21H,2-16H2,1H3. The molecule has 2 aliphatic carbocycles. The van der Waals surface area contributed by atoms with Crippen LogP contribution in [-0.2, 0) is 19.0 Å². The van der Waals surface area contributed by atoms with Gasteiger partial charge in [-0.3, -0.25) is 4.79 Å². The van der Waals surface area contributed by atoms with E-state index < -0.39 is 0 Å². The molecular formula is C21H37BrO4. The summed E-state index contributed by atoms with van der Waals surface area (Å²) >= 11 is 3.43. The fourth-order valence-corrected chi connectivity index (χ4v) is 3.58. The summed E-state index contributed by atoms with van der Waals surface area (Å²) in [5.74, 6) is 2.42. The second kappa shape index (κ2) is 13.1. The molecule has 0 N–H and O–H groups in total. The molecule has 2 aliphatic rings. The largest absolute Gasteiger partial charge is 0.466 e. The molecule has 3 unspecified atom stereocenters. The molecule has 5 heteroatoms. The van der Waals surface area contributed by atoms with E-state index in [1.54, 1.807) is 0 Å². The number of ether oxygens (including phenoxy) is 3. The van der Waals surface area contributed by atoms with Gasteiger partial charge < -0.3 is 14.2 Å². The van der Waals surface area contributed by atoms with Crippen molar-refractivity contribution in [2.75, 3.05) is 25.2 Å². The molecule has 0 saturated heterocycles. The van der Waals surface area contributed by atoms with Crippen molar-refractivity contribution in [2.45, 2.75) is 83.8 Å². The molecule has 2 rings (SSSR count). The number of unbranched alkanes of at least 4 members (excludes halogenated alkanes) is 3. The summed E-state index contributed by atoms with van der Waals surface area (Å²) in [6, 6.07) is 0. The molecule has 0 amide bonds. The number of halogens is 1. The van der Waals surface area contributed by atoms with E-state index >= 15 is 0 Å². The van der Waals surface area contributed by atoms with Gasteiger partial charge in [-0.1, -0.05) is 48.5 Å². The average molecular weight is 433 g/mol. The number of rotatable bonds is 17. The van der Waals surface area contributed by atoms with Crippen molar-refractivity contribution in [3.8, 4) is 0 Å². The van der Waals surface area contributed by atoms with Gasteiger partial charge in [0.05, 0.1) is 19.6 Å². The van der Waals surface area contributed by atoms with Crippen LogP contribution in [0.25, 0.3) is 0 Å². The molecule has 0 spiro atoms. The molecule has 26 heavy (non-hydrogen) atoms. The second-order valence-corrected chi connectivity index (χ2v) is 8.82. The summed E-state index contributed by atoms with van der Waals surface area (Å²) < 4.78 is 17.2. The van der Waals surface area contributed by atoms with Gasteiger partial charge in [-0.15, -0.1) is 0 Å². The Bertz CT molecular complexity index is 386.